The molecular weight excluding hydrogens is 394 g/mol. The maximum absolute atomic E-state index is 12.4. The van der Waals surface area contributed by atoms with Crippen molar-refractivity contribution in [3.05, 3.63) is 72.9 Å². The molecule has 1 aliphatic rings. The summed E-state index contributed by atoms with van der Waals surface area (Å²) >= 11 is 0. The fourth-order valence-corrected chi connectivity index (χ4v) is 3.38. The summed E-state index contributed by atoms with van der Waals surface area (Å²) in [6, 6.07) is 13.4. The monoisotopic (exact) mass is 419 g/mol. The molecule has 0 radical (unpaired) electrons. The zero-order valence-corrected chi connectivity index (χ0v) is 17.2. The summed E-state index contributed by atoms with van der Waals surface area (Å²) in [5.74, 6) is 2.00. The summed E-state index contributed by atoms with van der Waals surface area (Å²) in [5, 5.41) is 2.77. The lowest BCUT2D eigenvalue weighted by molar-refractivity contribution is 0.115. The highest BCUT2D eigenvalue weighted by atomic mass is 16.5. The van der Waals surface area contributed by atoms with E-state index < -0.39 is 0 Å². The van der Waals surface area contributed by atoms with E-state index in [9.17, 15) is 4.79 Å². The highest BCUT2D eigenvalue weighted by molar-refractivity contribution is 5.88. The Kier molecular flexibility index (Phi) is 6.89. The molecule has 1 fully saturated rings. The predicted molar refractivity (Wildman–Crippen MR) is 116 cm³/mol. The lowest BCUT2D eigenvalue weighted by Gasteiger charge is -2.32. The van der Waals surface area contributed by atoms with Crippen LogP contribution in [0.5, 0.6) is 11.5 Å². The van der Waals surface area contributed by atoms with E-state index in [1.165, 1.54) is 6.20 Å². The topological polar surface area (TPSA) is 89.5 Å². The smallest absolute Gasteiger partial charge is 0.323 e. The van der Waals surface area contributed by atoms with Crippen molar-refractivity contribution in [2.45, 2.75) is 25.4 Å². The molecule has 160 valence electrons. The number of amides is 2. The van der Waals surface area contributed by atoms with Gasteiger partial charge in [0.25, 0.3) is 0 Å². The van der Waals surface area contributed by atoms with Crippen molar-refractivity contribution in [3.8, 4) is 11.5 Å². The van der Waals surface area contributed by atoms with Crippen molar-refractivity contribution in [2.24, 2.45) is 0 Å². The van der Waals surface area contributed by atoms with E-state index in [1.807, 2.05) is 42.5 Å². The van der Waals surface area contributed by atoms with E-state index in [4.69, 9.17) is 9.47 Å². The van der Waals surface area contributed by atoms with Gasteiger partial charge >= 0.3 is 6.03 Å². The lowest BCUT2D eigenvalue weighted by Crippen LogP contribution is -2.43. The fourth-order valence-electron chi connectivity index (χ4n) is 3.38. The van der Waals surface area contributed by atoms with Crippen LogP contribution in [0, 0.1) is 0 Å². The molecule has 8 nitrogen and oxygen atoms in total. The number of carbonyl (C=O) groups excluding carboxylic acids is 1. The highest BCUT2D eigenvalue weighted by Gasteiger charge is 2.24. The number of anilines is 1. The second-order valence-electron chi connectivity index (χ2n) is 7.22. The Balaban J connectivity index is 1.22. The Morgan fingerprint density at radius 2 is 1.90 bits per heavy atom. The average Bonchev–Trinajstić information content (AvgIpc) is 2.81. The zero-order valence-electron chi connectivity index (χ0n) is 17.2. The molecule has 2 amide bonds. The van der Waals surface area contributed by atoms with Crippen molar-refractivity contribution in [1.82, 2.24) is 19.9 Å². The number of piperidine rings is 1. The summed E-state index contributed by atoms with van der Waals surface area (Å²) in [4.78, 5) is 26.5. The molecule has 0 atom stereocenters. The summed E-state index contributed by atoms with van der Waals surface area (Å²) in [6.45, 7) is 1.80. The Morgan fingerprint density at radius 3 is 2.68 bits per heavy atom. The SMILES string of the molecule is O=C(Nc1cnccn1)N1CCC(Oc2cccc(OCCc3ccccn3)c2)CC1. The molecule has 3 aromatic rings. The van der Waals surface area contributed by atoms with E-state index >= 15 is 0 Å². The number of aromatic nitrogens is 3. The van der Waals surface area contributed by atoms with Gasteiger partial charge < -0.3 is 14.4 Å². The normalized spacial score (nSPS) is 14.1. The number of hydrogen-bond acceptors (Lipinski definition) is 6. The molecule has 3 heterocycles. The van der Waals surface area contributed by atoms with Gasteiger partial charge in [-0.05, 0) is 24.3 Å². The number of nitrogens with zero attached hydrogens (tertiary/aromatic N) is 4. The van der Waals surface area contributed by atoms with Gasteiger partial charge in [-0.1, -0.05) is 12.1 Å². The maximum Gasteiger partial charge on any atom is 0.323 e. The van der Waals surface area contributed by atoms with Crippen LogP contribution in [0.3, 0.4) is 0 Å². The minimum absolute atomic E-state index is 0.0596. The minimum atomic E-state index is -0.165. The van der Waals surface area contributed by atoms with E-state index in [2.05, 4.69) is 20.3 Å². The molecule has 0 unspecified atom stereocenters. The van der Waals surface area contributed by atoms with Gasteiger partial charge in [0, 0.05) is 62.7 Å². The highest BCUT2D eigenvalue weighted by Crippen LogP contribution is 2.24. The van der Waals surface area contributed by atoms with Crippen molar-refractivity contribution >= 4 is 11.8 Å². The summed E-state index contributed by atoms with van der Waals surface area (Å²) in [5.41, 5.74) is 1.00. The Bertz CT molecular complexity index is 963. The Hall–Kier alpha value is -3.68. The third-order valence-corrected chi connectivity index (χ3v) is 4.99. The second-order valence-corrected chi connectivity index (χ2v) is 7.22. The minimum Gasteiger partial charge on any atom is -0.493 e. The number of pyridine rings is 1. The molecule has 1 N–H and O–H groups in total. The summed E-state index contributed by atoms with van der Waals surface area (Å²) < 4.78 is 12.0. The van der Waals surface area contributed by atoms with E-state index in [0.717, 1.165) is 36.5 Å². The van der Waals surface area contributed by atoms with E-state index in [-0.39, 0.29) is 12.1 Å². The van der Waals surface area contributed by atoms with Gasteiger partial charge in [-0.15, -0.1) is 0 Å². The number of urea groups is 1. The molecule has 4 rings (SSSR count). The van der Waals surface area contributed by atoms with Crippen molar-refractivity contribution in [3.63, 3.8) is 0 Å². The van der Waals surface area contributed by atoms with Gasteiger partial charge in [0.1, 0.15) is 17.6 Å². The molecule has 0 bridgehead atoms. The first-order chi connectivity index (χ1) is 15.3. The fraction of sp³-hybridized carbons (Fsp3) is 0.304. The van der Waals surface area contributed by atoms with Crippen LogP contribution >= 0.6 is 0 Å². The lowest BCUT2D eigenvalue weighted by atomic mass is 10.1. The van der Waals surface area contributed by atoms with Gasteiger partial charge in [0.15, 0.2) is 5.82 Å². The predicted octanol–water partition coefficient (Wildman–Crippen LogP) is 3.57. The zero-order chi connectivity index (χ0) is 21.3. The molecule has 0 saturated carbocycles. The van der Waals surface area contributed by atoms with Crippen LogP contribution in [0.1, 0.15) is 18.5 Å². The molecule has 8 heteroatoms. The molecule has 1 aliphatic heterocycles. The summed E-state index contributed by atoms with van der Waals surface area (Å²) in [6.07, 6.45) is 8.77. The van der Waals surface area contributed by atoms with Gasteiger partial charge in [-0.25, -0.2) is 9.78 Å². The largest absolute Gasteiger partial charge is 0.493 e. The maximum atomic E-state index is 12.4. The molecular formula is C23H25N5O3. The Morgan fingerprint density at radius 1 is 1.03 bits per heavy atom. The van der Waals surface area contributed by atoms with Crippen LogP contribution in [0.2, 0.25) is 0 Å². The van der Waals surface area contributed by atoms with E-state index in [1.54, 1.807) is 23.5 Å². The van der Waals surface area contributed by atoms with Crippen LogP contribution in [-0.4, -0.2) is 51.7 Å². The van der Waals surface area contributed by atoms with Crippen LogP contribution in [0.15, 0.2) is 67.3 Å². The van der Waals surface area contributed by atoms with Crippen molar-refractivity contribution in [2.75, 3.05) is 25.0 Å². The van der Waals surface area contributed by atoms with Gasteiger partial charge in [0.2, 0.25) is 0 Å². The van der Waals surface area contributed by atoms with Gasteiger partial charge in [-0.2, -0.15) is 0 Å². The van der Waals surface area contributed by atoms with Crippen LogP contribution in [0.25, 0.3) is 0 Å². The first-order valence-corrected chi connectivity index (χ1v) is 10.4. The number of nitrogens with one attached hydrogen (secondary N) is 1. The number of benzene rings is 1. The number of rotatable bonds is 7. The third kappa shape index (κ3) is 6.15. The molecule has 0 spiro atoms. The van der Waals surface area contributed by atoms with Crippen molar-refractivity contribution < 1.29 is 14.3 Å². The molecule has 2 aromatic heterocycles. The number of likely N-dealkylation sites (tertiary alicyclic amines) is 1. The van der Waals surface area contributed by atoms with Crippen LogP contribution < -0.4 is 14.8 Å². The number of hydrogen-bond donors (Lipinski definition) is 1. The third-order valence-electron chi connectivity index (χ3n) is 4.99. The van der Waals surface area contributed by atoms with Gasteiger partial charge in [-0.3, -0.25) is 15.3 Å². The van der Waals surface area contributed by atoms with E-state index in [0.29, 0.717) is 25.5 Å². The quantitative estimate of drug-likeness (QED) is 0.630. The molecule has 1 aromatic carbocycles. The summed E-state index contributed by atoms with van der Waals surface area (Å²) in [7, 11) is 0. The molecule has 31 heavy (non-hydrogen) atoms. The molecule has 0 aliphatic carbocycles. The number of carbonyl (C=O) groups is 1. The Labute approximate surface area is 181 Å². The first-order valence-electron chi connectivity index (χ1n) is 10.4. The van der Waals surface area contributed by atoms with Crippen LogP contribution in [-0.2, 0) is 6.42 Å². The van der Waals surface area contributed by atoms with Gasteiger partial charge in [0.05, 0.1) is 12.8 Å². The molecule has 1 saturated heterocycles. The standard InChI is InChI=1S/C23H25N5O3/c29-23(27-22-17-24-11-12-26-22)28-13-7-19(8-14-28)31-21-6-3-5-20(16-21)30-15-9-18-4-1-2-10-25-18/h1-6,10-12,16-17,19H,7-9,13-15H2,(H,26,27,29). The van der Waals surface area contributed by atoms with Crippen molar-refractivity contribution in [1.29, 1.82) is 0 Å². The van der Waals surface area contributed by atoms with Crippen LogP contribution in [0.4, 0.5) is 10.6 Å². The second kappa shape index (κ2) is 10.4. The first kappa shape index (κ1) is 20.6. The average molecular weight is 419 g/mol. The number of ether oxygens (including phenoxy) is 2.